The van der Waals surface area contributed by atoms with E-state index in [2.05, 4.69) is 15.6 Å². The number of rotatable bonds is 6. The Morgan fingerprint density at radius 2 is 2.04 bits per heavy atom. The van der Waals surface area contributed by atoms with Crippen LogP contribution in [0, 0.1) is 6.92 Å². The number of thiazole rings is 1. The predicted molar refractivity (Wildman–Crippen MR) is 100.0 cm³/mol. The predicted octanol–water partition coefficient (Wildman–Crippen LogP) is 4.05. The summed E-state index contributed by atoms with van der Waals surface area (Å²) in [6, 6.07) is 8.54. The van der Waals surface area contributed by atoms with Gasteiger partial charge in [-0.2, -0.15) is 0 Å². The summed E-state index contributed by atoms with van der Waals surface area (Å²) in [5, 5.41) is 6.40. The average Bonchev–Trinajstić information content (AvgIpc) is 3.29. The van der Waals surface area contributed by atoms with E-state index in [-0.39, 0.29) is 6.03 Å². The van der Waals surface area contributed by atoms with Crippen molar-refractivity contribution in [1.29, 1.82) is 0 Å². The highest BCUT2D eigenvalue weighted by Gasteiger charge is 2.13. The Balaban J connectivity index is 1.61. The first-order valence-corrected chi connectivity index (χ1v) is 8.69. The number of urea groups is 1. The quantitative estimate of drug-likeness (QED) is 0.681. The maximum atomic E-state index is 12.2. The van der Waals surface area contributed by atoms with Crippen molar-refractivity contribution in [3.8, 4) is 22.3 Å². The Kier molecular flexibility index (Phi) is 5.43. The molecule has 2 N–H and O–H groups in total. The van der Waals surface area contributed by atoms with Gasteiger partial charge in [0.1, 0.15) is 0 Å². The minimum atomic E-state index is -0.315. The molecular formula is C18H19N3O4S. The van der Waals surface area contributed by atoms with Gasteiger partial charge in [0, 0.05) is 16.6 Å². The fourth-order valence-electron chi connectivity index (χ4n) is 2.35. The molecule has 7 nitrogen and oxygen atoms in total. The van der Waals surface area contributed by atoms with Crippen LogP contribution in [0.2, 0.25) is 0 Å². The third-order valence-corrected chi connectivity index (χ3v) is 4.85. The number of hydrogen-bond acceptors (Lipinski definition) is 6. The molecule has 26 heavy (non-hydrogen) atoms. The molecule has 2 heterocycles. The van der Waals surface area contributed by atoms with Crippen LogP contribution >= 0.6 is 11.3 Å². The van der Waals surface area contributed by atoms with Crippen molar-refractivity contribution in [3.63, 3.8) is 0 Å². The SMILES string of the molecule is COc1ccc(NC(=O)NCc2sc(-c3ccco3)nc2C)cc1OC. The number of ether oxygens (including phenoxy) is 2. The number of carbonyl (C=O) groups excluding carboxylic acids is 1. The summed E-state index contributed by atoms with van der Waals surface area (Å²) in [4.78, 5) is 17.6. The number of methoxy groups -OCH3 is 2. The van der Waals surface area contributed by atoms with Gasteiger partial charge < -0.3 is 24.5 Å². The number of aromatic nitrogens is 1. The molecule has 0 bridgehead atoms. The Morgan fingerprint density at radius 3 is 2.73 bits per heavy atom. The summed E-state index contributed by atoms with van der Waals surface area (Å²) in [7, 11) is 3.11. The van der Waals surface area contributed by atoms with Crippen molar-refractivity contribution >= 4 is 23.1 Å². The van der Waals surface area contributed by atoms with E-state index in [1.54, 1.807) is 38.7 Å². The Bertz CT molecular complexity index is 890. The van der Waals surface area contributed by atoms with E-state index in [1.807, 2.05) is 19.1 Å². The van der Waals surface area contributed by atoms with Gasteiger partial charge in [-0.3, -0.25) is 0 Å². The topological polar surface area (TPSA) is 85.6 Å². The van der Waals surface area contributed by atoms with Gasteiger partial charge >= 0.3 is 6.03 Å². The highest BCUT2D eigenvalue weighted by Crippen LogP contribution is 2.30. The van der Waals surface area contributed by atoms with E-state index >= 15 is 0 Å². The molecule has 0 saturated carbocycles. The summed E-state index contributed by atoms with van der Waals surface area (Å²) >= 11 is 1.49. The summed E-state index contributed by atoms with van der Waals surface area (Å²) < 4.78 is 15.8. The number of nitrogens with one attached hydrogen (secondary N) is 2. The van der Waals surface area contributed by atoms with E-state index < -0.39 is 0 Å². The van der Waals surface area contributed by atoms with E-state index in [0.717, 1.165) is 21.3 Å². The number of nitrogens with zero attached hydrogens (tertiary/aromatic N) is 1. The van der Waals surface area contributed by atoms with Crippen molar-refractivity contribution in [2.24, 2.45) is 0 Å². The molecule has 0 unspecified atom stereocenters. The zero-order valence-electron chi connectivity index (χ0n) is 14.7. The molecule has 0 fully saturated rings. The maximum Gasteiger partial charge on any atom is 0.319 e. The molecule has 0 aliphatic rings. The van der Waals surface area contributed by atoms with Crippen molar-refractivity contribution in [3.05, 3.63) is 47.2 Å². The molecule has 0 radical (unpaired) electrons. The molecule has 1 aromatic carbocycles. The van der Waals surface area contributed by atoms with Crippen LogP contribution in [0.4, 0.5) is 10.5 Å². The van der Waals surface area contributed by atoms with Crippen LogP contribution in [0.5, 0.6) is 11.5 Å². The van der Waals surface area contributed by atoms with Gasteiger partial charge in [0.15, 0.2) is 22.3 Å². The summed E-state index contributed by atoms with van der Waals surface area (Å²) in [5.74, 6) is 1.87. The number of anilines is 1. The van der Waals surface area contributed by atoms with Gasteiger partial charge in [0.05, 0.1) is 32.7 Å². The molecule has 2 aromatic heterocycles. The number of amides is 2. The molecular weight excluding hydrogens is 354 g/mol. The van der Waals surface area contributed by atoms with Crippen LogP contribution in [0.1, 0.15) is 10.6 Å². The van der Waals surface area contributed by atoms with Gasteiger partial charge in [0.25, 0.3) is 0 Å². The molecule has 136 valence electrons. The number of benzene rings is 1. The first-order chi connectivity index (χ1) is 12.6. The average molecular weight is 373 g/mol. The Hall–Kier alpha value is -3.00. The molecule has 0 atom stereocenters. The second-order valence-corrected chi connectivity index (χ2v) is 6.47. The molecule has 0 aliphatic carbocycles. The standard InChI is InChI=1S/C18H19N3O4S/c1-11-16(26-17(20-11)14-5-4-8-25-14)10-19-18(22)21-12-6-7-13(23-2)15(9-12)24-3/h4-9H,10H2,1-3H3,(H2,19,21,22). The van der Waals surface area contributed by atoms with Crippen molar-refractivity contribution in [2.75, 3.05) is 19.5 Å². The van der Waals surface area contributed by atoms with Gasteiger partial charge in [0.2, 0.25) is 0 Å². The highest BCUT2D eigenvalue weighted by molar-refractivity contribution is 7.15. The van der Waals surface area contributed by atoms with Gasteiger partial charge in [-0.05, 0) is 31.2 Å². The van der Waals surface area contributed by atoms with Crippen LogP contribution in [0.25, 0.3) is 10.8 Å². The zero-order valence-corrected chi connectivity index (χ0v) is 15.5. The fraction of sp³-hybridized carbons (Fsp3) is 0.222. The smallest absolute Gasteiger partial charge is 0.319 e. The zero-order chi connectivity index (χ0) is 18.5. The van der Waals surface area contributed by atoms with Crippen molar-refractivity contribution in [1.82, 2.24) is 10.3 Å². The third kappa shape index (κ3) is 3.97. The van der Waals surface area contributed by atoms with Crippen LogP contribution in [-0.4, -0.2) is 25.2 Å². The minimum Gasteiger partial charge on any atom is -0.493 e. The first kappa shape index (κ1) is 17.8. The molecule has 0 spiro atoms. The van der Waals surface area contributed by atoms with Crippen LogP contribution in [-0.2, 0) is 6.54 Å². The maximum absolute atomic E-state index is 12.2. The largest absolute Gasteiger partial charge is 0.493 e. The third-order valence-electron chi connectivity index (χ3n) is 3.68. The first-order valence-electron chi connectivity index (χ1n) is 7.87. The van der Waals surface area contributed by atoms with Crippen LogP contribution in [0.3, 0.4) is 0 Å². The molecule has 2 amide bonds. The van der Waals surface area contributed by atoms with Crippen molar-refractivity contribution in [2.45, 2.75) is 13.5 Å². The number of furan rings is 1. The molecule has 0 aliphatic heterocycles. The van der Waals surface area contributed by atoms with E-state index in [1.165, 1.54) is 11.3 Å². The number of carbonyl (C=O) groups is 1. The van der Waals surface area contributed by atoms with Gasteiger partial charge in [-0.25, -0.2) is 9.78 Å². The second-order valence-electron chi connectivity index (χ2n) is 5.38. The van der Waals surface area contributed by atoms with Crippen LogP contribution < -0.4 is 20.1 Å². The second kappa shape index (κ2) is 7.92. The molecule has 3 aromatic rings. The van der Waals surface area contributed by atoms with E-state index in [9.17, 15) is 4.79 Å². The molecule has 8 heteroatoms. The van der Waals surface area contributed by atoms with E-state index in [0.29, 0.717) is 23.7 Å². The van der Waals surface area contributed by atoms with Gasteiger partial charge in [-0.15, -0.1) is 11.3 Å². The monoisotopic (exact) mass is 373 g/mol. The molecule has 3 rings (SSSR count). The lowest BCUT2D eigenvalue weighted by Crippen LogP contribution is -2.28. The summed E-state index contributed by atoms with van der Waals surface area (Å²) in [5.41, 5.74) is 1.48. The van der Waals surface area contributed by atoms with Crippen molar-refractivity contribution < 1.29 is 18.7 Å². The number of aryl methyl sites for hydroxylation is 1. The minimum absolute atomic E-state index is 0.315. The normalized spacial score (nSPS) is 10.4. The summed E-state index contributed by atoms with van der Waals surface area (Å²) in [6.45, 7) is 2.29. The lowest BCUT2D eigenvalue weighted by molar-refractivity contribution is 0.252. The highest BCUT2D eigenvalue weighted by atomic mass is 32.1. The fourth-order valence-corrected chi connectivity index (χ4v) is 3.32. The molecule has 0 saturated heterocycles. The van der Waals surface area contributed by atoms with Gasteiger partial charge in [-0.1, -0.05) is 0 Å². The van der Waals surface area contributed by atoms with Crippen LogP contribution in [0.15, 0.2) is 41.0 Å². The lowest BCUT2D eigenvalue weighted by atomic mass is 10.3. The summed E-state index contributed by atoms with van der Waals surface area (Å²) in [6.07, 6.45) is 1.61. The lowest BCUT2D eigenvalue weighted by Gasteiger charge is -2.11. The Morgan fingerprint density at radius 1 is 1.23 bits per heavy atom. The Labute approximate surface area is 155 Å². The van der Waals surface area contributed by atoms with E-state index in [4.69, 9.17) is 13.9 Å². The number of hydrogen-bond donors (Lipinski definition) is 2.